The lowest BCUT2D eigenvalue weighted by Crippen LogP contribution is -2.41. The molecule has 1 heterocycles. The second-order valence-corrected chi connectivity index (χ2v) is 7.12. The molecule has 0 aromatic heterocycles. The van der Waals surface area contributed by atoms with Crippen molar-refractivity contribution in [3.63, 3.8) is 0 Å². The van der Waals surface area contributed by atoms with E-state index in [1.54, 1.807) is 30.3 Å². The Kier molecular flexibility index (Phi) is 5.39. The van der Waals surface area contributed by atoms with Crippen LogP contribution >= 0.6 is 0 Å². The molecule has 0 bridgehead atoms. The Morgan fingerprint density at radius 3 is 1.87 bits per heavy atom. The summed E-state index contributed by atoms with van der Waals surface area (Å²) in [5.41, 5.74) is 3.49. The number of nitrogens with one attached hydrogen (secondary N) is 2. The molecule has 2 amide bonds. The number of fused-ring (bicyclic) bond motifs is 1. The first-order valence-corrected chi connectivity index (χ1v) is 9.65. The van der Waals surface area contributed by atoms with Gasteiger partial charge >= 0.3 is 0 Å². The molecule has 3 aromatic rings. The topological polar surface area (TPSA) is 76.7 Å². The van der Waals surface area contributed by atoms with Gasteiger partial charge in [-0.25, -0.2) is 0 Å². The highest BCUT2D eigenvalue weighted by atomic mass is 16.7. The molecule has 0 saturated carbocycles. The van der Waals surface area contributed by atoms with E-state index in [-0.39, 0.29) is 18.6 Å². The Balaban J connectivity index is 1.64. The van der Waals surface area contributed by atoms with Crippen LogP contribution in [0.1, 0.15) is 43.6 Å². The maximum Gasteiger partial charge on any atom is 0.253 e. The first kappa shape index (κ1) is 19.5. The SMILES string of the molecule is Cc1ccccc1C(=O)NC(NC(=O)c1ccccc1C)c1ccc2c(c1)OCO2. The Morgan fingerprint density at radius 1 is 0.767 bits per heavy atom. The normalized spacial score (nSPS) is 12.0. The van der Waals surface area contributed by atoms with Gasteiger partial charge in [0.15, 0.2) is 11.5 Å². The van der Waals surface area contributed by atoms with Gasteiger partial charge in [0.25, 0.3) is 11.8 Å². The van der Waals surface area contributed by atoms with Gasteiger partial charge in [-0.15, -0.1) is 0 Å². The Hall–Kier alpha value is -3.80. The monoisotopic (exact) mass is 402 g/mol. The van der Waals surface area contributed by atoms with Gasteiger partial charge in [-0.3, -0.25) is 9.59 Å². The van der Waals surface area contributed by atoms with Crippen LogP contribution in [0.15, 0.2) is 66.7 Å². The van der Waals surface area contributed by atoms with E-state index in [0.717, 1.165) is 11.1 Å². The lowest BCUT2D eigenvalue weighted by molar-refractivity contribution is 0.0882. The third-order valence-electron chi connectivity index (χ3n) is 5.06. The largest absolute Gasteiger partial charge is 0.454 e. The summed E-state index contributed by atoms with van der Waals surface area (Å²) in [6.07, 6.45) is -0.751. The number of rotatable bonds is 5. The van der Waals surface area contributed by atoms with Crippen LogP contribution in [0.5, 0.6) is 11.5 Å². The molecule has 0 aliphatic carbocycles. The van der Waals surface area contributed by atoms with Crippen LogP contribution in [0.3, 0.4) is 0 Å². The van der Waals surface area contributed by atoms with Crippen LogP contribution in [0.25, 0.3) is 0 Å². The minimum atomic E-state index is -0.751. The smallest absolute Gasteiger partial charge is 0.253 e. The van der Waals surface area contributed by atoms with E-state index in [9.17, 15) is 9.59 Å². The summed E-state index contributed by atoms with van der Waals surface area (Å²) >= 11 is 0. The average Bonchev–Trinajstić information content (AvgIpc) is 3.21. The molecule has 6 nitrogen and oxygen atoms in total. The van der Waals surface area contributed by atoms with Crippen molar-refractivity contribution in [2.45, 2.75) is 20.0 Å². The lowest BCUT2D eigenvalue weighted by atomic mass is 10.1. The molecule has 152 valence electrons. The fourth-order valence-electron chi connectivity index (χ4n) is 3.37. The number of carbonyl (C=O) groups excluding carboxylic acids is 2. The van der Waals surface area contributed by atoms with E-state index in [2.05, 4.69) is 10.6 Å². The second-order valence-electron chi connectivity index (χ2n) is 7.12. The molecular formula is C24H22N2O4. The van der Waals surface area contributed by atoms with Crippen molar-refractivity contribution in [2.24, 2.45) is 0 Å². The predicted molar refractivity (Wildman–Crippen MR) is 113 cm³/mol. The third-order valence-corrected chi connectivity index (χ3v) is 5.06. The third kappa shape index (κ3) is 3.98. The zero-order chi connectivity index (χ0) is 21.1. The number of aryl methyl sites for hydroxylation is 2. The van der Waals surface area contributed by atoms with E-state index in [1.165, 1.54) is 0 Å². The maximum absolute atomic E-state index is 12.9. The van der Waals surface area contributed by atoms with Crippen molar-refractivity contribution in [2.75, 3.05) is 6.79 Å². The van der Waals surface area contributed by atoms with Gasteiger partial charge < -0.3 is 20.1 Å². The highest BCUT2D eigenvalue weighted by molar-refractivity contribution is 5.98. The van der Waals surface area contributed by atoms with E-state index < -0.39 is 6.17 Å². The van der Waals surface area contributed by atoms with Gasteiger partial charge in [-0.2, -0.15) is 0 Å². The van der Waals surface area contributed by atoms with Gasteiger partial charge in [0.1, 0.15) is 6.17 Å². The number of amides is 2. The number of hydrogen-bond donors (Lipinski definition) is 2. The zero-order valence-corrected chi connectivity index (χ0v) is 16.8. The van der Waals surface area contributed by atoms with Crippen molar-refractivity contribution in [3.8, 4) is 11.5 Å². The van der Waals surface area contributed by atoms with E-state index >= 15 is 0 Å². The Morgan fingerprint density at radius 2 is 1.30 bits per heavy atom. The number of hydrogen-bond acceptors (Lipinski definition) is 4. The minimum absolute atomic E-state index is 0.147. The van der Waals surface area contributed by atoms with Crippen molar-refractivity contribution in [3.05, 3.63) is 94.5 Å². The summed E-state index contributed by atoms with van der Waals surface area (Å²) in [6, 6.07) is 20.0. The Bertz CT molecular complexity index is 1050. The fourth-order valence-corrected chi connectivity index (χ4v) is 3.37. The highest BCUT2D eigenvalue weighted by Crippen LogP contribution is 2.34. The van der Waals surface area contributed by atoms with Crippen molar-refractivity contribution >= 4 is 11.8 Å². The number of ether oxygens (including phenoxy) is 2. The van der Waals surface area contributed by atoms with Crippen molar-refractivity contribution in [1.82, 2.24) is 10.6 Å². The molecule has 0 unspecified atom stereocenters. The molecule has 2 N–H and O–H groups in total. The molecule has 4 rings (SSSR count). The minimum Gasteiger partial charge on any atom is -0.454 e. The molecule has 0 fully saturated rings. The number of benzene rings is 3. The van der Waals surface area contributed by atoms with Crippen LogP contribution in [-0.4, -0.2) is 18.6 Å². The number of carbonyl (C=O) groups is 2. The summed E-state index contributed by atoms with van der Waals surface area (Å²) in [6.45, 7) is 3.89. The Labute approximate surface area is 174 Å². The summed E-state index contributed by atoms with van der Waals surface area (Å²) in [5, 5.41) is 5.87. The molecular weight excluding hydrogens is 380 g/mol. The summed E-state index contributed by atoms with van der Waals surface area (Å²) in [7, 11) is 0. The zero-order valence-electron chi connectivity index (χ0n) is 16.8. The first-order chi connectivity index (χ1) is 14.5. The molecule has 1 aliphatic heterocycles. The fraction of sp³-hybridized carbons (Fsp3) is 0.167. The van der Waals surface area contributed by atoms with Gasteiger partial charge in [0.05, 0.1) is 0 Å². The van der Waals surface area contributed by atoms with Gasteiger partial charge in [0, 0.05) is 11.1 Å². The van der Waals surface area contributed by atoms with Crippen molar-refractivity contribution in [1.29, 1.82) is 0 Å². The molecule has 0 spiro atoms. The van der Waals surface area contributed by atoms with Gasteiger partial charge in [-0.1, -0.05) is 42.5 Å². The summed E-state index contributed by atoms with van der Waals surface area (Å²) in [5.74, 6) is 0.655. The second kappa shape index (κ2) is 8.29. The van der Waals surface area contributed by atoms with Crippen LogP contribution in [-0.2, 0) is 0 Å². The van der Waals surface area contributed by atoms with E-state index in [1.807, 2.05) is 50.2 Å². The van der Waals surface area contributed by atoms with Gasteiger partial charge in [0.2, 0.25) is 6.79 Å². The average molecular weight is 402 g/mol. The molecule has 0 atom stereocenters. The maximum atomic E-state index is 12.9. The standard InChI is InChI=1S/C24H22N2O4/c1-15-7-3-5-9-18(15)23(27)25-22(17-11-12-20-21(13-17)30-14-29-20)26-24(28)19-10-6-4-8-16(19)2/h3-13,22H,14H2,1-2H3,(H,25,27)(H,26,28). The predicted octanol–water partition coefficient (Wildman–Crippen LogP) is 3.89. The summed E-state index contributed by atoms with van der Waals surface area (Å²) < 4.78 is 10.8. The van der Waals surface area contributed by atoms with Crippen molar-refractivity contribution < 1.29 is 19.1 Å². The lowest BCUT2D eigenvalue weighted by Gasteiger charge is -2.22. The molecule has 0 saturated heterocycles. The molecule has 1 aliphatic rings. The van der Waals surface area contributed by atoms with Crippen LogP contribution in [0.2, 0.25) is 0 Å². The van der Waals surface area contributed by atoms with Gasteiger partial charge in [-0.05, 0) is 54.8 Å². The van der Waals surface area contributed by atoms with Crippen LogP contribution in [0, 0.1) is 13.8 Å². The van der Waals surface area contributed by atoms with Crippen LogP contribution in [0.4, 0.5) is 0 Å². The first-order valence-electron chi connectivity index (χ1n) is 9.65. The van der Waals surface area contributed by atoms with Crippen LogP contribution < -0.4 is 20.1 Å². The molecule has 0 radical (unpaired) electrons. The molecule has 3 aromatic carbocycles. The molecule has 30 heavy (non-hydrogen) atoms. The van der Waals surface area contributed by atoms with E-state index in [4.69, 9.17) is 9.47 Å². The highest BCUT2D eigenvalue weighted by Gasteiger charge is 2.23. The molecule has 6 heteroatoms. The summed E-state index contributed by atoms with van der Waals surface area (Å²) in [4.78, 5) is 25.9. The quantitative estimate of drug-likeness (QED) is 0.635. The van der Waals surface area contributed by atoms with E-state index in [0.29, 0.717) is 28.2 Å².